The molecule has 2 rings (SSSR count). The maximum Gasteiger partial charge on any atom is 0.0721 e. The number of fused-ring (bicyclic) bond motifs is 1. The number of halogens is 1. The van der Waals surface area contributed by atoms with E-state index in [4.69, 9.17) is 0 Å². The van der Waals surface area contributed by atoms with Crippen molar-refractivity contribution in [3.8, 4) is 0 Å². The van der Waals surface area contributed by atoms with E-state index in [1.54, 1.807) is 0 Å². The lowest BCUT2D eigenvalue weighted by atomic mass is 10.1. The van der Waals surface area contributed by atoms with Gasteiger partial charge in [0.15, 0.2) is 0 Å². The molecule has 0 spiro atoms. The zero-order valence-corrected chi connectivity index (χ0v) is 7.95. The van der Waals surface area contributed by atoms with Crippen LogP contribution in [-0.4, -0.2) is 11.8 Å². The van der Waals surface area contributed by atoms with Gasteiger partial charge in [0.2, 0.25) is 0 Å². The third-order valence-corrected chi connectivity index (χ3v) is 2.56. The average molecular weight is 226 g/mol. The minimum atomic E-state index is 0.559. The van der Waals surface area contributed by atoms with Gasteiger partial charge in [-0.05, 0) is 12.1 Å². The second kappa shape index (κ2) is 2.92. The van der Waals surface area contributed by atoms with Gasteiger partial charge >= 0.3 is 0 Å². The van der Waals surface area contributed by atoms with Crippen molar-refractivity contribution < 1.29 is 5.21 Å². The molecule has 0 bridgehead atoms. The van der Waals surface area contributed by atoms with Crippen LogP contribution in [0.15, 0.2) is 28.7 Å². The number of benzene rings is 1. The van der Waals surface area contributed by atoms with E-state index in [9.17, 15) is 5.21 Å². The molecular formula is C9H8BrNO. The number of rotatable bonds is 0. The summed E-state index contributed by atoms with van der Waals surface area (Å²) in [5.74, 6) is 0. The molecule has 1 aromatic rings. The molecule has 0 fully saturated rings. The van der Waals surface area contributed by atoms with Crippen LogP contribution in [0.3, 0.4) is 0 Å². The topological polar surface area (TPSA) is 23.5 Å². The highest BCUT2D eigenvalue weighted by Crippen LogP contribution is 2.30. The first-order valence-electron chi connectivity index (χ1n) is 3.70. The second-order valence-electron chi connectivity index (χ2n) is 2.66. The summed E-state index contributed by atoms with van der Waals surface area (Å²) >= 11 is 3.42. The molecule has 2 nitrogen and oxygen atoms in total. The summed E-state index contributed by atoms with van der Waals surface area (Å²) in [6, 6.07) is 5.76. The summed E-state index contributed by atoms with van der Waals surface area (Å²) < 4.78 is 1.01. The highest BCUT2D eigenvalue weighted by atomic mass is 79.9. The Bertz CT molecular complexity index is 335. The summed E-state index contributed by atoms with van der Waals surface area (Å²) in [5, 5.41) is 10.7. The maximum absolute atomic E-state index is 9.45. The minimum absolute atomic E-state index is 0.559. The molecule has 1 aliphatic rings. The van der Waals surface area contributed by atoms with E-state index in [0.717, 1.165) is 15.7 Å². The van der Waals surface area contributed by atoms with E-state index in [1.165, 1.54) is 5.06 Å². The molecule has 0 amide bonds. The number of hydroxylamine groups is 1. The van der Waals surface area contributed by atoms with Crippen LogP contribution in [0.25, 0.3) is 6.08 Å². The molecule has 62 valence electrons. The van der Waals surface area contributed by atoms with Gasteiger partial charge in [0.05, 0.1) is 12.2 Å². The molecule has 0 aromatic heterocycles. The third-order valence-electron chi connectivity index (χ3n) is 1.87. The van der Waals surface area contributed by atoms with Gasteiger partial charge in [0, 0.05) is 10.0 Å². The first-order chi connectivity index (χ1) is 5.79. The van der Waals surface area contributed by atoms with Crippen molar-refractivity contribution in [2.24, 2.45) is 0 Å². The van der Waals surface area contributed by atoms with Crippen molar-refractivity contribution >= 4 is 27.7 Å². The third kappa shape index (κ3) is 1.15. The Labute approximate surface area is 79.2 Å². The molecule has 1 aromatic carbocycles. The van der Waals surface area contributed by atoms with Crippen molar-refractivity contribution in [3.63, 3.8) is 0 Å². The SMILES string of the molecule is ON1CC=Cc2c(Br)cccc21. The van der Waals surface area contributed by atoms with E-state index in [2.05, 4.69) is 15.9 Å². The quantitative estimate of drug-likeness (QED) is 0.735. The predicted octanol–water partition coefficient (Wildman–Crippen LogP) is 2.67. The molecule has 3 heteroatoms. The highest BCUT2D eigenvalue weighted by Gasteiger charge is 2.11. The van der Waals surface area contributed by atoms with Crippen LogP contribution >= 0.6 is 15.9 Å². The van der Waals surface area contributed by atoms with Crippen LogP contribution < -0.4 is 5.06 Å². The van der Waals surface area contributed by atoms with Gasteiger partial charge < -0.3 is 0 Å². The molecule has 0 unspecified atom stereocenters. The van der Waals surface area contributed by atoms with Crippen molar-refractivity contribution in [3.05, 3.63) is 34.3 Å². The molecule has 0 aliphatic carbocycles. The molecule has 0 saturated carbocycles. The van der Waals surface area contributed by atoms with E-state index in [0.29, 0.717) is 6.54 Å². The van der Waals surface area contributed by atoms with Gasteiger partial charge in [-0.15, -0.1) is 0 Å². The van der Waals surface area contributed by atoms with Crippen molar-refractivity contribution in [1.29, 1.82) is 0 Å². The first-order valence-corrected chi connectivity index (χ1v) is 4.50. The highest BCUT2D eigenvalue weighted by molar-refractivity contribution is 9.10. The summed E-state index contributed by atoms with van der Waals surface area (Å²) in [7, 11) is 0. The fourth-order valence-corrected chi connectivity index (χ4v) is 1.77. The van der Waals surface area contributed by atoms with Crippen LogP contribution in [0.2, 0.25) is 0 Å². The van der Waals surface area contributed by atoms with E-state index in [-0.39, 0.29) is 0 Å². The largest absolute Gasteiger partial charge is 0.288 e. The first kappa shape index (κ1) is 7.83. The van der Waals surface area contributed by atoms with E-state index < -0.39 is 0 Å². The van der Waals surface area contributed by atoms with Crippen molar-refractivity contribution in [2.75, 3.05) is 11.6 Å². The zero-order valence-electron chi connectivity index (χ0n) is 6.37. The Kier molecular flexibility index (Phi) is 1.90. The van der Waals surface area contributed by atoms with Gasteiger partial charge in [-0.2, -0.15) is 0 Å². The fourth-order valence-electron chi connectivity index (χ4n) is 1.28. The Balaban J connectivity index is 2.61. The van der Waals surface area contributed by atoms with Gasteiger partial charge in [-0.3, -0.25) is 10.3 Å². The molecular weight excluding hydrogens is 218 g/mol. The average Bonchev–Trinajstić information content (AvgIpc) is 2.07. The van der Waals surface area contributed by atoms with Crippen molar-refractivity contribution in [1.82, 2.24) is 0 Å². The zero-order chi connectivity index (χ0) is 8.55. The molecule has 1 heterocycles. The Hall–Kier alpha value is -0.800. The number of hydrogen-bond acceptors (Lipinski definition) is 2. The van der Waals surface area contributed by atoms with Gasteiger partial charge in [-0.25, -0.2) is 0 Å². The standard InChI is InChI=1S/C9H8BrNO/c10-8-4-1-5-9-7(8)3-2-6-11(9)12/h1-5,12H,6H2. The molecule has 12 heavy (non-hydrogen) atoms. The number of hydrogen-bond donors (Lipinski definition) is 1. The summed E-state index contributed by atoms with van der Waals surface area (Å²) in [6.45, 7) is 0.559. The monoisotopic (exact) mass is 225 g/mol. The molecule has 0 radical (unpaired) electrons. The maximum atomic E-state index is 9.45. The van der Waals surface area contributed by atoms with Gasteiger partial charge in [-0.1, -0.05) is 34.1 Å². The summed E-state index contributed by atoms with van der Waals surface area (Å²) in [5.41, 5.74) is 1.89. The van der Waals surface area contributed by atoms with Gasteiger partial charge in [0.25, 0.3) is 0 Å². The van der Waals surface area contributed by atoms with Crippen LogP contribution in [0, 0.1) is 0 Å². The Morgan fingerprint density at radius 3 is 3.00 bits per heavy atom. The molecule has 1 N–H and O–H groups in total. The molecule has 0 atom stereocenters. The number of anilines is 1. The summed E-state index contributed by atoms with van der Waals surface area (Å²) in [6.07, 6.45) is 3.93. The molecule has 1 aliphatic heterocycles. The fraction of sp³-hybridized carbons (Fsp3) is 0.111. The van der Waals surface area contributed by atoms with E-state index in [1.807, 2.05) is 30.4 Å². The lowest BCUT2D eigenvalue weighted by molar-refractivity contribution is 0.265. The normalized spacial score (nSPS) is 14.7. The van der Waals surface area contributed by atoms with Crippen molar-refractivity contribution in [2.45, 2.75) is 0 Å². The van der Waals surface area contributed by atoms with E-state index >= 15 is 0 Å². The number of nitrogens with zero attached hydrogens (tertiary/aromatic N) is 1. The van der Waals surface area contributed by atoms with Crippen LogP contribution in [0.1, 0.15) is 5.56 Å². The Morgan fingerprint density at radius 2 is 2.25 bits per heavy atom. The van der Waals surface area contributed by atoms with Crippen LogP contribution in [-0.2, 0) is 0 Å². The predicted molar refractivity (Wildman–Crippen MR) is 52.3 cm³/mol. The Morgan fingerprint density at radius 1 is 1.42 bits per heavy atom. The van der Waals surface area contributed by atoms with Crippen LogP contribution in [0.5, 0.6) is 0 Å². The van der Waals surface area contributed by atoms with Gasteiger partial charge in [0.1, 0.15) is 0 Å². The van der Waals surface area contributed by atoms with Crippen LogP contribution in [0.4, 0.5) is 5.69 Å². The minimum Gasteiger partial charge on any atom is -0.288 e. The second-order valence-corrected chi connectivity index (χ2v) is 3.51. The lowest BCUT2D eigenvalue weighted by Crippen LogP contribution is -2.21. The smallest absolute Gasteiger partial charge is 0.0721 e. The lowest BCUT2D eigenvalue weighted by Gasteiger charge is -2.21. The molecule has 0 saturated heterocycles. The summed E-state index contributed by atoms with van der Waals surface area (Å²) in [4.78, 5) is 0.